The first-order chi connectivity index (χ1) is 8.65. The molecule has 2 rings (SSSR count). The molecule has 0 N–H and O–H groups in total. The third-order valence-electron chi connectivity index (χ3n) is 2.40. The zero-order valence-electron chi connectivity index (χ0n) is 9.44. The number of benzene rings is 2. The van der Waals surface area contributed by atoms with E-state index in [0.717, 1.165) is 4.47 Å². The molecule has 18 heavy (non-hydrogen) atoms. The van der Waals surface area contributed by atoms with Crippen molar-refractivity contribution >= 4 is 27.8 Å². The van der Waals surface area contributed by atoms with Crippen LogP contribution in [0, 0.1) is 5.82 Å². The van der Waals surface area contributed by atoms with Gasteiger partial charge in [-0.05, 0) is 48.0 Å². The number of hydrogen-bond donors (Lipinski definition) is 0. The summed E-state index contributed by atoms with van der Waals surface area (Å²) in [6, 6.07) is 13.2. The van der Waals surface area contributed by atoms with Gasteiger partial charge >= 0.3 is 0 Å². The van der Waals surface area contributed by atoms with Crippen LogP contribution in [0.2, 0.25) is 0 Å². The van der Waals surface area contributed by atoms with E-state index in [2.05, 4.69) is 15.9 Å². The molecule has 0 unspecified atom stereocenters. The van der Waals surface area contributed by atoms with Crippen molar-refractivity contribution in [2.75, 3.05) is 0 Å². The van der Waals surface area contributed by atoms with E-state index in [9.17, 15) is 9.18 Å². The third kappa shape index (κ3) is 3.37. The van der Waals surface area contributed by atoms with Crippen LogP contribution in [-0.4, -0.2) is 5.78 Å². The Hall–Kier alpha value is -1.74. The summed E-state index contributed by atoms with van der Waals surface area (Å²) in [6.45, 7) is 0. The molecule has 1 nitrogen and oxygen atoms in total. The molecule has 0 amide bonds. The van der Waals surface area contributed by atoms with Gasteiger partial charge in [-0.25, -0.2) is 4.39 Å². The predicted molar refractivity (Wildman–Crippen MR) is 73.9 cm³/mol. The number of hydrogen-bond acceptors (Lipinski definition) is 1. The van der Waals surface area contributed by atoms with Crippen molar-refractivity contribution in [1.29, 1.82) is 0 Å². The van der Waals surface area contributed by atoms with Gasteiger partial charge in [-0.15, -0.1) is 0 Å². The molecule has 0 aliphatic carbocycles. The van der Waals surface area contributed by atoms with Crippen LogP contribution in [0.15, 0.2) is 59.1 Å². The quantitative estimate of drug-likeness (QED) is 0.603. The first-order valence-electron chi connectivity index (χ1n) is 5.39. The highest BCUT2D eigenvalue weighted by Gasteiger charge is 2.00. The van der Waals surface area contributed by atoms with E-state index >= 15 is 0 Å². The molecule has 0 bridgehead atoms. The predicted octanol–water partition coefficient (Wildman–Crippen LogP) is 4.48. The summed E-state index contributed by atoms with van der Waals surface area (Å²) < 4.78 is 13.9. The molecule has 0 aromatic heterocycles. The monoisotopic (exact) mass is 304 g/mol. The average molecular weight is 305 g/mol. The van der Waals surface area contributed by atoms with Gasteiger partial charge in [0.1, 0.15) is 5.82 Å². The van der Waals surface area contributed by atoms with Crippen LogP contribution in [0.5, 0.6) is 0 Å². The summed E-state index contributed by atoms with van der Waals surface area (Å²) in [4.78, 5) is 11.8. The van der Waals surface area contributed by atoms with Crippen molar-refractivity contribution in [1.82, 2.24) is 0 Å². The number of allylic oxidation sites excluding steroid dienone is 1. The summed E-state index contributed by atoms with van der Waals surface area (Å²) in [5, 5.41) is 0. The molecule has 2 aromatic rings. The van der Waals surface area contributed by atoms with Crippen LogP contribution in [0.1, 0.15) is 15.9 Å². The Morgan fingerprint density at radius 1 is 1.11 bits per heavy atom. The van der Waals surface area contributed by atoms with Crippen LogP contribution in [0.25, 0.3) is 6.08 Å². The van der Waals surface area contributed by atoms with Gasteiger partial charge in [0.2, 0.25) is 0 Å². The van der Waals surface area contributed by atoms with Gasteiger partial charge in [-0.1, -0.05) is 34.1 Å². The second-order valence-electron chi connectivity index (χ2n) is 3.76. The van der Waals surface area contributed by atoms with E-state index in [4.69, 9.17) is 0 Å². The van der Waals surface area contributed by atoms with E-state index < -0.39 is 0 Å². The minimum Gasteiger partial charge on any atom is -0.289 e. The SMILES string of the molecule is O=C(C=Cc1cccc(F)c1)c1ccc(Br)cc1. The normalized spacial score (nSPS) is 10.8. The van der Waals surface area contributed by atoms with Crippen molar-refractivity contribution in [3.05, 3.63) is 76.0 Å². The number of halogens is 2. The van der Waals surface area contributed by atoms with E-state index in [1.807, 2.05) is 12.1 Å². The Kier molecular flexibility index (Phi) is 4.05. The minimum absolute atomic E-state index is 0.105. The maximum absolute atomic E-state index is 12.9. The second kappa shape index (κ2) is 5.74. The largest absolute Gasteiger partial charge is 0.289 e. The maximum Gasteiger partial charge on any atom is 0.185 e. The smallest absolute Gasteiger partial charge is 0.185 e. The van der Waals surface area contributed by atoms with Crippen molar-refractivity contribution in [3.8, 4) is 0 Å². The van der Waals surface area contributed by atoms with E-state index in [1.54, 1.807) is 30.3 Å². The average Bonchev–Trinajstić information content (AvgIpc) is 2.37. The lowest BCUT2D eigenvalue weighted by atomic mass is 10.1. The topological polar surface area (TPSA) is 17.1 Å². The molecular weight excluding hydrogens is 295 g/mol. The molecule has 0 fully saturated rings. The van der Waals surface area contributed by atoms with Crippen LogP contribution < -0.4 is 0 Å². The second-order valence-corrected chi connectivity index (χ2v) is 4.68. The van der Waals surface area contributed by atoms with Crippen LogP contribution in [-0.2, 0) is 0 Å². The maximum atomic E-state index is 12.9. The van der Waals surface area contributed by atoms with Crippen LogP contribution in [0.4, 0.5) is 4.39 Å². The zero-order chi connectivity index (χ0) is 13.0. The molecule has 0 atom stereocenters. The highest BCUT2D eigenvalue weighted by atomic mass is 79.9. The Bertz CT molecular complexity index is 588. The number of rotatable bonds is 3. The van der Waals surface area contributed by atoms with Gasteiger partial charge in [0.05, 0.1) is 0 Å². The molecule has 90 valence electrons. The molecular formula is C15H10BrFO. The molecule has 0 aliphatic heterocycles. The van der Waals surface area contributed by atoms with Gasteiger partial charge < -0.3 is 0 Å². The lowest BCUT2D eigenvalue weighted by molar-refractivity contribution is 0.104. The number of carbonyl (C=O) groups is 1. The molecule has 0 spiro atoms. The first-order valence-corrected chi connectivity index (χ1v) is 6.18. The molecule has 3 heteroatoms. The van der Waals surface area contributed by atoms with Crippen molar-refractivity contribution in [2.24, 2.45) is 0 Å². The minimum atomic E-state index is -0.312. The summed E-state index contributed by atoms with van der Waals surface area (Å²) in [7, 11) is 0. The van der Waals surface area contributed by atoms with Gasteiger partial charge in [0.25, 0.3) is 0 Å². The zero-order valence-corrected chi connectivity index (χ0v) is 11.0. The van der Waals surface area contributed by atoms with Crippen molar-refractivity contribution in [3.63, 3.8) is 0 Å². The Morgan fingerprint density at radius 2 is 1.83 bits per heavy atom. The summed E-state index contributed by atoms with van der Waals surface area (Å²) in [5.74, 6) is -0.417. The number of ketones is 1. The summed E-state index contributed by atoms with van der Waals surface area (Å²) >= 11 is 3.31. The van der Waals surface area contributed by atoms with Crippen LogP contribution >= 0.6 is 15.9 Å². The standard InChI is InChI=1S/C15H10BrFO/c16-13-7-5-12(6-8-13)15(18)9-4-11-2-1-3-14(17)10-11/h1-10H. The third-order valence-corrected chi connectivity index (χ3v) is 2.93. The lowest BCUT2D eigenvalue weighted by Gasteiger charge is -1.96. The summed E-state index contributed by atoms with van der Waals surface area (Å²) in [6.07, 6.45) is 3.05. The molecule has 2 aromatic carbocycles. The van der Waals surface area contributed by atoms with E-state index in [-0.39, 0.29) is 11.6 Å². The van der Waals surface area contributed by atoms with Gasteiger partial charge in [-0.3, -0.25) is 4.79 Å². The fourth-order valence-corrected chi connectivity index (χ4v) is 1.76. The number of carbonyl (C=O) groups excluding carboxylic acids is 1. The highest BCUT2D eigenvalue weighted by molar-refractivity contribution is 9.10. The molecule has 0 saturated carbocycles. The highest BCUT2D eigenvalue weighted by Crippen LogP contribution is 2.12. The molecule has 0 radical (unpaired) electrons. The Labute approximate surface area is 113 Å². The first kappa shape index (κ1) is 12.7. The fourth-order valence-electron chi connectivity index (χ4n) is 1.49. The van der Waals surface area contributed by atoms with Crippen LogP contribution in [0.3, 0.4) is 0 Å². The van der Waals surface area contributed by atoms with E-state index in [0.29, 0.717) is 11.1 Å². The van der Waals surface area contributed by atoms with Gasteiger partial charge in [0.15, 0.2) is 5.78 Å². The molecule has 0 saturated heterocycles. The summed E-state index contributed by atoms with van der Waals surface area (Å²) in [5.41, 5.74) is 1.27. The molecule has 0 aliphatic rings. The van der Waals surface area contributed by atoms with Gasteiger partial charge in [-0.2, -0.15) is 0 Å². The fraction of sp³-hybridized carbons (Fsp3) is 0. The Morgan fingerprint density at radius 3 is 2.50 bits per heavy atom. The lowest BCUT2D eigenvalue weighted by Crippen LogP contribution is -1.93. The Balaban J connectivity index is 2.14. The van der Waals surface area contributed by atoms with Crippen molar-refractivity contribution in [2.45, 2.75) is 0 Å². The van der Waals surface area contributed by atoms with E-state index in [1.165, 1.54) is 18.2 Å². The van der Waals surface area contributed by atoms with Gasteiger partial charge in [0, 0.05) is 10.0 Å². The van der Waals surface area contributed by atoms with Crippen molar-refractivity contribution < 1.29 is 9.18 Å². The molecule has 0 heterocycles.